The number of aromatic nitrogens is 4. The minimum Gasteiger partial charge on any atom is -0.334 e. The Labute approximate surface area is 120 Å². The normalized spacial score (nSPS) is 12.2. The predicted octanol–water partition coefficient (Wildman–Crippen LogP) is 0.879. The fourth-order valence-corrected chi connectivity index (χ4v) is 3.77. The summed E-state index contributed by atoms with van der Waals surface area (Å²) in [7, 11) is -3.56. The Balaban J connectivity index is 1.73. The number of hydrogen-bond donors (Lipinski definition) is 1. The lowest BCUT2D eigenvalue weighted by Gasteiger charge is -2.07. The van der Waals surface area contributed by atoms with Crippen molar-refractivity contribution in [2.45, 2.75) is 18.5 Å². The van der Waals surface area contributed by atoms with Crippen LogP contribution in [0.3, 0.4) is 0 Å². The van der Waals surface area contributed by atoms with Crippen LogP contribution >= 0.6 is 11.3 Å². The molecular formula is C11H13N5O2S2. The smallest absolute Gasteiger partial charge is 0.258 e. The monoisotopic (exact) mass is 311 g/mol. The summed E-state index contributed by atoms with van der Waals surface area (Å²) in [6.07, 6.45) is 6.58. The Morgan fingerprint density at radius 2 is 2.20 bits per heavy atom. The molecule has 0 unspecified atom stereocenters. The van der Waals surface area contributed by atoms with Gasteiger partial charge in [0.15, 0.2) is 9.99 Å². The van der Waals surface area contributed by atoms with Gasteiger partial charge in [-0.25, -0.2) is 23.1 Å². The molecule has 3 aromatic rings. The van der Waals surface area contributed by atoms with Crippen molar-refractivity contribution < 1.29 is 8.42 Å². The molecule has 0 bridgehead atoms. The second-order valence-electron chi connectivity index (χ2n) is 4.22. The zero-order valence-corrected chi connectivity index (χ0v) is 12.4. The fourth-order valence-electron chi connectivity index (χ4n) is 1.92. The number of aryl methyl sites for hydroxylation is 1. The first-order chi connectivity index (χ1) is 9.58. The molecule has 106 valence electrons. The van der Waals surface area contributed by atoms with Gasteiger partial charge in [-0.05, 0) is 6.92 Å². The molecule has 0 aliphatic heterocycles. The second-order valence-corrected chi connectivity index (χ2v) is 6.80. The van der Waals surface area contributed by atoms with Crippen molar-refractivity contribution in [2.24, 2.45) is 0 Å². The summed E-state index contributed by atoms with van der Waals surface area (Å²) in [4.78, 5) is 8.82. The number of thiazole rings is 1. The number of fused-ring (bicyclic) bond motifs is 1. The van der Waals surface area contributed by atoms with Crippen molar-refractivity contribution >= 4 is 26.3 Å². The molecule has 0 saturated heterocycles. The van der Waals surface area contributed by atoms with Crippen molar-refractivity contribution in [2.75, 3.05) is 6.54 Å². The maximum Gasteiger partial charge on any atom is 0.258 e. The molecule has 0 atom stereocenters. The number of sulfonamides is 1. The first-order valence-corrected chi connectivity index (χ1v) is 8.32. The zero-order chi connectivity index (χ0) is 14.2. The number of hydrogen-bond acceptors (Lipinski definition) is 5. The Hall–Kier alpha value is -1.71. The van der Waals surface area contributed by atoms with Gasteiger partial charge in [0.05, 0.1) is 6.20 Å². The Bertz CT molecular complexity index is 830. The van der Waals surface area contributed by atoms with Crippen LogP contribution in [-0.4, -0.2) is 33.9 Å². The van der Waals surface area contributed by atoms with E-state index in [1.54, 1.807) is 22.2 Å². The van der Waals surface area contributed by atoms with Crippen molar-refractivity contribution in [3.8, 4) is 0 Å². The SMILES string of the molecule is Cc1nccn1CCNS(=O)(=O)c1cnc2sccn12. The van der Waals surface area contributed by atoms with Crippen LogP contribution in [0, 0.1) is 6.92 Å². The molecule has 3 rings (SSSR count). The minimum absolute atomic E-state index is 0.163. The molecule has 9 heteroatoms. The van der Waals surface area contributed by atoms with Gasteiger partial charge >= 0.3 is 0 Å². The molecule has 0 fully saturated rings. The fraction of sp³-hybridized carbons (Fsp3) is 0.273. The molecule has 3 aromatic heterocycles. The average Bonchev–Trinajstić information content (AvgIpc) is 3.05. The highest BCUT2D eigenvalue weighted by molar-refractivity contribution is 7.89. The molecule has 0 saturated carbocycles. The maximum atomic E-state index is 12.2. The predicted molar refractivity (Wildman–Crippen MR) is 75.2 cm³/mol. The summed E-state index contributed by atoms with van der Waals surface area (Å²) < 4.78 is 30.5. The van der Waals surface area contributed by atoms with Crippen LogP contribution in [0.2, 0.25) is 0 Å². The van der Waals surface area contributed by atoms with Crippen LogP contribution in [0.5, 0.6) is 0 Å². The van der Waals surface area contributed by atoms with Gasteiger partial charge in [-0.1, -0.05) is 0 Å². The van der Waals surface area contributed by atoms with Crippen molar-refractivity contribution in [1.82, 2.24) is 23.7 Å². The first-order valence-electron chi connectivity index (χ1n) is 5.96. The van der Waals surface area contributed by atoms with Gasteiger partial charge in [0.1, 0.15) is 5.82 Å². The van der Waals surface area contributed by atoms with E-state index in [-0.39, 0.29) is 5.03 Å². The van der Waals surface area contributed by atoms with Gasteiger partial charge in [0.2, 0.25) is 0 Å². The summed E-state index contributed by atoms with van der Waals surface area (Å²) >= 11 is 1.40. The van der Waals surface area contributed by atoms with E-state index in [0.717, 1.165) is 5.82 Å². The number of rotatable bonds is 5. The summed E-state index contributed by atoms with van der Waals surface area (Å²) in [5, 5.41) is 1.96. The Morgan fingerprint density at radius 3 is 2.95 bits per heavy atom. The van der Waals surface area contributed by atoms with Crippen molar-refractivity contribution in [3.05, 3.63) is 36.0 Å². The summed E-state index contributed by atoms with van der Waals surface area (Å²) in [5.41, 5.74) is 0. The molecule has 0 aromatic carbocycles. The van der Waals surface area contributed by atoms with Gasteiger partial charge in [-0.15, -0.1) is 11.3 Å². The lowest BCUT2D eigenvalue weighted by atomic mass is 10.6. The van der Waals surface area contributed by atoms with Crippen LogP contribution in [-0.2, 0) is 16.6 Å². The third-order valence-electron chi connectivity index (χ3n) is 2.96. The molecule has 1 N–H and O–H groups in total. The lowest BCUT2D eigenvalue weighted by Crippen LogP contribution is -2.28. The van der Waals surface area contributed by atoms with Gasteiger partial charge in [-0.2, -0.15) is 0 Å². The van der Waals surface area contributed by atoms with Crippen molar-refractivity contribution in [3.63, 3.8) is 0 Å². The topological polar surface area (TPSA) is 81.3 Å². The molecular weight excluding hydrogens is 298 g/mol. The minimum atomic E-state index is -3.56. The lowest BCUT2D eigenvalue weighted by molar-refractivity contribution is 0.566. The van der Waals surface area contributed by atoms with Crippen LogP contribution in [0.25, 0.3) is 4.96 Å². The number of nitrogens with zero attached hydrogens (tertiary/aromatic N) is 4. The van der Waals surface area contributed by atoms with Gasteiger partial charge in [0, 0.05) is 37.1 Å². The summed E-state index contributed by atoms with van der Waals surface area (Å²) in [6, 6.07) is 0. The highest BCUT2D eigenvalue weighted by atomic mass is 32.2. The van der Waals surface area contributed by atoms with E-state index < -0.39 is 10.0 Å². The number of imidazole rings is 2. The number of nitrogens with one attached hydrogen (secondary N) is 1. The van der Waals surface area contributed by atoms with E-state index in [4.69, 9.17) is 0 Å². The van der Waals surface area contributed by atoms with Gasteiger partial charge < -0.3 is 4.57 Å². The quantitative estimate of drug-likeness (QED) is 0.758. The van der Waals surface area contributed by atoms with Crippen LogP contribution in [0.1, 0.15) is 5.82 Å². The van der Waals surface area contributed by atoms with E-state index in [1.807, 2.05) is 17.7 Å². The molecule has 3 heterocycles. The van der Waals surface area contributed by atoms with E-state index in [9.17, 15) is 8.42 Å². The Morgan fingerprint density at radius 1 is 1.35 bits per heavy atom. The van der Waals surface area contributed by atoms with Crippen LogP contribution in [0.4, 0.5) is 0 Å². The van der Waals surface area contributed by atoms with Gasteiger partial charge in [0.25, 0.3) is 10.0 Å². The van der Waals surface area contributed by atoms with Gasteiger partial charge in [-0.3, -0.25) is 4.40 Å². The third kappa shape index (κ3) is 2.35. The second kappa shape index (κ2) is 5.00. The molecule has 20 heavy (non-hydrogen) atoms. The highest BCUT2D eigenvalue weighted by Crippen LogP contribution is 2.16. The average molecular weight is 311 g/mol. The first kappa shape index (κ1) is 13.3. The van der Waals surface area contributed by atoms with Crippen LogP contribution < -0.4 is 4.72 Å². The van der Waals surface area contributed by atoms with E-state index >= 15 is 0 Å². The summed E-state index contributed by atoms with van der Waals surface area (Å²) in [5.74, 6) is 0.855. The highest BCUT2D eigenvalue weighted by Gasteiger charge is 2.19. The molecule has 0 amide bonds. The molecule has 0 radical (unpaired) electrons. The van der Waals surface area contributed by atoms with E-state index in [1.165, 1.54) is 17.5 Å². The van der Waals surface area contributed by atoms with E-state index in [0.29, 0.717) is 18.1 Å². The largest absolute Gasteiger partial charge is 0.334 e. The molecule has 0 aliphatic carbocycles. The maximum absolute atomic E-state index is 12.2. The van der Waals surface area contributed by atoms with Crippen molar-refractivity contribution in [1.29, 1.82) is 0 Å². The molecule has 7 nitrogen and oxygen atoms in total. The van der Waals surface area contributed by atoms with E-state index in [2.05, 4.69) is 14.7 Å². The zero-order valence-electron chi connectivity index (χ0n) is 10.7. The standard InChI is InChI=1S/C11H13N5O2S2/c1-9-12-2-4-15(9)5-3-14-20(17,18)10-8-13-11-16(10)6-7-19-11/h2,4,6-8,14H,3,5H2,1H3. The summed E-state index contributed by atoms with van der Waals surface area (Å²) in [6.45, 7) is 2.72. The third-order valence-corrected chi connectivity index (χ3v) is 5.16. The Kier molecular flexibility index (Phi) is 3.32. The molecule has 0 spiro atoms. The van der Waals surface area contributed by atoms with Crippen LogP contribution in [0.15, 0.2) is 35.2 Å². The molecule has 0 aliphatic rings.